The lowest BCUT2D eigenvalue weighted by Gasteiger charge is -2.28. The highest BCUT2D eigenvalue weighted by molar-refractivity contribution is 5.74. The molecule has 0 bridgehead atoms. The van der Waals surface area contributed by atoms with E-state index in [1.54, 1.807) is 0 Å². The predicted octanol–water partition coefficient (Wildman–Crippen LogP) is 6.04. The van der Waals surface area contributed by atoms with Crippen LogP contribution in [0.15, 0.2) is 24.3 Å². The Balaban J connectivity index is 2.80. The molecule has 0 aliphatic rings. The van der Waals surface area contributed by atoms with Crippen LogP contribution in [0.2, 0.25) is 0 Å². The second-order valence-corrected chi connectivity index (χ2v) is 9.68. The van der Waals surface area contributed by atoms with Crippen molar-refractivity contribution in [3.63, 3.8) is 0 Å². The second kappa shape index (κ2) is 7.52. The van der Waals surface area contributed by atoms with Gasteiger partial charge in [0.25, 0.3) is 0 Å². The van der Waals surface area contributed by atoms with Crippen molar-refractivity contribution in [2.45, 2.75) is 68.4 Å². The topological polar surface area (TPSA) is 33.1 Å². The van der Waals surface area contributed by atoms with Gasteiger partial charge >= 0.3 is 0 Å². The van der Waals surface area contributed by atoms with Crippen LogP contribution < -0.4 is 0 Å². The van der Waals surface area contributed by atoms with Crippen molar-refractivity contribution >= 4 is 0 Å². The Bertz CT molecular complexity index is 759. The van der Waals surface area contributed by atoms with Crippen molar-refractivity contribution in [1.29, 1.82) is 0 Å². The second-order valence-electron chi connectivity index (χ2n) is 9.68. The van der Waals surface area contributed by atoms with Crippen LogP contribution in [-0.2, 0) is 13.0 Å². The number of aliphatic hydroxyl groups is 1. The molecule has 1 aromatic carbocycles. The number of rotatable bonds is 4. The lowest BCUT2D eigenvalue weighted by atomic mass is 9.79. The molecule has 1 heterocycles. The van der Waals surface area contributed by atoms with Crippen LogP contribution in [0.5, 0.6) is 0 Å². The molecule has 1 aromatic heterocycles. The molecule has 2 heteroatoms. The number of aryl methyl sites for hydroxylation is 2. The van der Waals surface area contributed by atoms with E-state index in [0.717, 1.165) is 34.5 Å². The summed E-state index contributed by atoms with van der Waals surface area (Å²) >= 11 is 0. The first-order valence-electron chi connectivity index (χ1n) is 9.47. The predicted molar refractivity (Wildman–Crippen MR) is 111 cm³/mol. The summed E-state index contributed by atoms with van der Waals surface area (Å²) in [5, 5.41) is 10.1. The van der Waals surface area contributed by atoms with Crippen molar-refractivity contribution < 1.29 is 5.11 Å². The zero-order valence-electron chi connectivity index (χ0n) is 17.7. The molecule has 0 amide bonds. The monoisotopic (exact) mass is 352 g/mol. The van der Waals surface area contributed by atoms with Gasteiger partial charge in [0.1, 0.15) is 0 Å². The largest absolute Gasteiger partial charge is 0.392 e. The van der Waals surface area contributed by atoms with E-state index in [2.05, 4.69) is 79.2 Å². The molecule has 0 saturated carbocycles. The maximum atomic E-state index is 10.1. The molecule has 0 atom stereocenters. The van der Waals surface area contributed by atoms with Crippen molar-refractivity contribution in [2.24, 2.45) is 10.8 Å². The zero-order chi connectivity index (χ0) is 19.7. The number of aliphatic hydroxyl groups excluding tert-OH is 1. The van der Waals surface area contributed by atoms with Gasteiger partial charge in [0.2, 0.25) is 0 Å². The third-order valence-corrected chi connectivity index (χ3v) is 4.39. The van der Waals surface area contributed by atoms with Crippen LogP contribution >= 0.6 is 0 Å². The van der Waals surface area contributed by atoms with Gasteiger partial charge < -0.3 is 5.11 Å². The fraction of sp³-hybridized carbons (Fsp3) is 0.500. The molecule has 2 aromatic rings. The summed E-state index contributed by atoms with van der Waals surface area (Å²) in [4.78, 5) is 4.93. The van der Waals surface area contributed by atoms with Crippen LogP contribution in [0.25, 0.3) is 11.1 Å². The number of nitrogens with zero attached hydrogens (tertiary/aromatic N) is 1. The maximum absolute atomic E-state index is 10.1. The van der Waals surface area contributed by atoms with E-state index in [1.807, 2.05) is 6.92 Å². The van der Waals surface area contributed by atoms with Crippen molar-refractivity contribution in [3.05, 3.63) is 58.8 Å². The number of pyridine rings is 1. The molecule has 0 saturated heterocycles. The van der Waals surface area contributed by atoms with Crippen LogP contribution in [0, 0.1) is 31.1 Å². The highest BCUT2D eigenvalue weighted by Gasteiger charge is 2.25. The highest BCUT2D eigenvalue weighted by atomic mass is 16.3. The van der Waals surface area contributed by atoms with Crippen LogP contribution in [0.1, 0.15) is 69.6 Å². The molecule has 0 aliphatic carbocycles. The average Bonchev–Trinajstić information content (AvgIpc) is 2.48. The van der Waals surface area contributed by atoms with Crippen molar-refractivity contribution in [1.82, 2.24) is 4.98 Å². The summed E-state index contributed by atoms with van der Waals surface area (Å²) in [6.45, 7) is 17.5. The molecule has 2 nitrogen and oxygen atoms in total. The number of hydrogen-bond donors (Lipinski definition) is 1. The van der Waals surface area contributed by atoms with Crippen molar-refractivity contribution in [2.75, 3.05) is 0 Å². The first kappa shape index (κ1) is 20.6. The van der Waals surface area contributed by atoms with Gasteiger partial charge in [-0.15, -0.1) is 0 Å². The van der Waals surface area contributed by atoms with Gasteiger partial charge in [-0.3, -0.25) is 4.98 Å². The zero-order valence-corrected chi connectivity index (χ0v) is 17.7. The molecular formula is C24H34NO. The van der Waals surface area contributed by atoms with Crippen molar-refractivity contribution in [3.8, 4) is 11.1 Å². The molecule has 0 aliphatic heterocycles. The molecule has 26 heavy (non-hydrogen) atoms. The Morgan fingerprint density at radius 1 is 0.962 bits per heavy atom. The number of hydrogen-bond acceptors (Lipinski definition) is 2. The summed E-state index contributed by atoms with van der Waals surface area (Å²) in [5.74, 6) is 0. The smallest absolute Gasteiger partial charge is 0.0705 e. The Kier molecular flexibility index (Phi) is 5.97. The van der Waals surface area contributed by atoms with Gasteiger partial charge in [0.05, 0.1) is 6.61 Å². The van der Waals surface area contributed by atoms with E-state index >= 15 is 0 Å². The molecule has 0 fully saturated rings. The molecule has 0 unspecified atom stereocenters. The quantitative estimate of drug-likeness (QED) is 0.727. The summed E-state index contributed by atoms with van der Waals surface area (Å²) in [5.41, 5.74) is 7.84. The summed E-state index contributed by atoms with van der Waals surface area (Å²) in [6, 6.07) is 8.58. The minimum atomic E-state index is 0.00280. The van der Waals surface area contributed by atoms with Crippen LogP contribution in [0.4, 0.5) is 0 Å². The van der Waals surface area contributed by atoms with Gasteiger partial charge in [0.15, 0.2) is 0 Å². The third-order valence-electron chi connectivity index (χ3n) is 4.39. The minimum absolute atomic E-state index is 0.00280. The molecule has 2 rings (SSSR count). The Morgan fingerprint density at radius 3 is 2.00 bits per heavy atom. The fourth-order valence-corrected chi connectivity index (χ4v) is 3.29. The Labute approximate surface area is 159 Å². The lowest BCUT2D eigenvalue weighted by molar-refractivity contribution is 0.280. The maximum Gasteiger partial charge on any atom is 0.0705 e. The molecule has 1 radical (unpaired) electrons. The fourth-order valence-electron chi connectivity index (χ4n) is 3.29. The molecule has 0 spiro atoms. The van der Waals surface area contributed by atoms with Gasteiger partial charge in [-0.1, -0.05) is 71.4 Å². The number of aromatic nitrogens is 1. The summed E-state index contributed by atoms with van der Waals surface area (Å²) in [7, 11) is 0. The van der Waals surface area contributed by atoms with Gasteiger partial charge in [-0.25, -0.2) is 0 Å². The van der Waals surface area contributed by atoms with Gasteiger partial charge in [-0.05, 0) is 54.2 Å². The van der Waals surface area contributed by atoms with Crippen LogP contribution in [-0.4, -0.2) is 10.1 Å². The van der Waals surface area contributed by atoms with E-state index in [1.165, 1.54) is 11.1 Å². The standard InChI is InChI=1S/C24H34NO/c1-16-9-11-18(12-10-16)22-19(13-23(3,4)5)21(14-24(6,7)8)25-17(2)20(22)15-26/h9-13,26H,14-15H2,1-8H3. The van der Waals surface area contributed by atoms with Gasteiger partial charge in [0, 0.05) is 17.0 Å². The number of benzene rings is 1. The lowest BCUT2D eigenvalue weighted by Crippen LogP contribution is -2.18. The SMILES string of the molecule is Cc1ccc(-c2c([CH]C(C)(C)C)c(CC(C)(C)C)nc(C)c2CO)cc1. The van der Waals surface area contributed by atoms with E-state index in [9.17, 15) is 5.11 Å². The van der Waals surface area contributed by atoms with E-state index in [4.69, 9.17) is 4.98 Å². The van der Waals surface area contributed by atoms with Gasteiger partial charge in [-0.2, -0.15) is 0 Å². The van der Waals surface area contributed by atoms with E-state index in [-0.39, 0.29) is 17.4 Å². The molecule has 1 N–H and O–H groups in total. The Hall–Kier alpha value is -1.67. The minimum Gasteiger partial charge on any atom is -0.392 e. The molecule has 141 valence electrons. The third kappa shape index (κ3) is 5.17. The normalized spacial score (nSPS) is 12.5. The van der Waals surface area contributed by atoms with E-state index < -0.39 is 0 Å². The first-order chi connectivity index (χ1) is 11.9. The van der Waals surface area contributed by atoms with E-state index in [0.29, 0.717) is 0 Å². The molecular weight excluding hydrogens is 318 g/mol. The average molecular weight is 353 g/mol. The first-order valence-corrected chi connectivity index (χ1v) is 9.47. The highest BCUT2D eigenvalue weighted by Crippen LogP contribution is 2.38. The summed E-state index contributed by atoms with van der Waals surface area (Å²) in [6.07, 6.45) is 3.22. The Morgan fingerprint density at radius 2 is 1.54 bits per heavy atom. The van der Waals surface area contributed by atoms with Crippen LogP contribution in [0.3, 0.4) is 0 Å². The summed E-state index contributed by atoms with van der Waals surface area (Å²) < 4.78 is 0.